The normalized spacial score (nSPS) is 10.2. The third-order valence-electron chi connectivity index (χ3n) is 2.46. The maximum absolute atomic E-state index is 5.65. The van der Waals surface area contributed by atoms with Crippen molar-refractivity contribution in [2.45, 2.75) is 6.92 Å². The Labute approximate surface area is 119 Å². The average molecular weight is 355 g/mol. The fraction of sp³-hybridized carbons (Fsp3) is 0.167. The largest absolute Gasteiger partial charge is 0.373 e. The Balaban J connectivity index is 2.33. The van der Waals surface area contributed by atoms with Gasteiger partial charge in [-0.25, -0.2) is 0 Å². The summed E-state index contributed by atoms with van der Waals surface area (Å²) in [4.78, 5) is 8.21. The van der Waals surface area contributed by atoms with E-state index in [0.29, 0.717) is 11.6 Å². The molecule has 2 rings (SSSR count). The number of rotatable bonds is 3. The lowest BCUT2D eigenvalue weighted by atomic mass is 10.2. The van der Waals surface area contributed by atoms with Crippen molar-refractivity contribution in [2.75, 3.05) is 23.4 Å². The molecule has 0 aliphatic heterocycles. The second-order valence-electron chi connectivity index (χ2n) is 3.83. The first-order valence-electron chi connectivity index (χ1n) is 5.44. The molecule has 1 aromatic heterocycles. The lowest BCUT2D eigenvalue weighted by Gasteiger charge is -2.10. The molecule has 0 bridgehead atoms. The molecule has 0 atom stereocenters. The summed E-state index contributed by atoms with van der Waals surface area (Å²) in [6.45, 7) is 2.04. The molecule has 18 heavy (non-hydrogen) atoms. The third-order valence-corrected chi connectivity index (χ3v) is 3.13. The van der Waals surface area contributed by atoms with Crippen molar-refractivity contribution in [3.05, 3.63) is 33.4 Å². The van der Waals surface area contributed by atoms with Gasteiger partial charge in [0, 0.05) is 22.4 Å². The summed E-state index contributed by atoms with van der Waals surface area (Å²) >= 11 is 2.28. The molecule has 0 aliphatic rings. The minimum atomic E-state index is 0.243. The molecule has 0 aliphatic carbocycles. The smallest absolute Gasteiger partial charge is 0.223 e. The van der Waals surface area contributed by atoms with Crippen LogP contribution in [0.2, 0.25) is 0 Å². The van der Waals surface area contributed by atoms with Crippen LogP contribution in [0.25, 0.3) is 0 Å². The quantitative estimate of drug-likeness (QED) is 0.739. The van der Waals surface area contributed by atoms with E-state index in [4.69, 9.17) is 5.73 Å². The predicted octanol–water partition coefficient (Wildman–Crippen LogP) is 2.76. The highest BCUT2D eigenvalue weighted by molar-refractivity contribution is 14.1. The monoisotopic (exact) mass is 355 g/mol. The Morgan fingerprint density at radius 2 is 1.89 bits per heavy atom. The number of halogens is 1. The number of nitrogen functional groups attached to an aromatic ring is 1. The summed E-state index contributed by atoms with van der Waals surface area (Å²) in [5.74, 6) is 1.61. The number of nitrogens with zero attached hydrogens (tertiary/aromatic N) is 2. The molecule has 0 unspecified atom stereocenters. The Kier molecular flexibility index (Phi) is 3.85. The van der Waals surface area contributed by atoms with Crippen molar-refractivity contribution in [2.24, 2.45) is 0 Å². The average Bonchev–Trinajstić information content (AvgIpc) is 2.33. The van der Waals surface area contributed by atoms with Crippen LogP contribution in [0.3, 0.4) is 0 Å². The van der Waals surface area contributed by atoms with Crippen molar-refractivity contribution in [1.29, 1.82) is 0 Å². The van der Waals surface area contributed by atoms with Crippen molar-refractivity contribution in [3.8, 4) is 0 Å². The lowest BCUT2D eigenvalue weighted by Crippen LogP contribution is -2.04. The van der Waals surface area contributed by atoms with Crippen LogP contribution in [0.5, 0.6) is 0 Å². The Morgan fingerprint density at radius 3 is 2.61 bits per heavy atom. The second kappa shape index (κ2) is 5.38. The number of benzene rings is 1. The van der Waals surface area contributed by atoms with E-state index < -0.39 is 0 Å². The number of anilines is 4. The van der Waals surface area contributed by atoms with Gasteiger partial charge in [0.1, 0.15) is 11.6 Å². The molecule has 0 fully saturated rings. The molecule has 0 amide bonds. The van der Waals surface area contributed by atoms with E-state index >= 15 is 0 Å². The minimum absolute atomic E-state index is 0.243. The first-order valence-corrected chi connectivity index (χ1v) is 6.52. The molecule has 94 valence electrons. The maximum Gasteiger partial charge on any atom is 0.223 e. The van der Waals surface area contributed by atoms with Crippen LogP contribution >= 0.6 is 22.6 Å². The van der Waals surface area contributed by atoms with E-state index in [0.717, 1.165) is 14.8 Å². The SMILES string of the molecule is CNc1cc(Nc2cc(I)ccc2C)nc(N)n1. The molecule has 6 heteroatoms. The van der Waals surface area contributed by atoms with E-state index in [-0.39, 0.29) is 5.95 Å². The van der Waals surface area contributed by atoms with Crippen molar-refractivity contribution in [3.63, 3.8) is 0 Å². The number of nitrogens with one attached hydrogen (secondary N) is 2. The Bertz CT molecular complexity index is 570. The predicted molar refractivity (Wildman–Crippen MR) is 83.2 cm³/mol. The van der Waals surface area contributed by atoms with Crippen LogP contribution in [-0.4, -0.2) is 17.0 Å². The summed E-state index contributed by atoms with van der Waals surface area (Å²) in [6, 6.07) is 8.00. The van der Waals surface area contributed by atoms with E-state index in [1.165, 1.54) is 0 Å². The van der Waals surface area contributed by atoms with Gasteiger partial charge in [-0.2, -0.15) is 9.97 Å². The highest BCUT2D eigenvalue weighted by atomic mass is 127. The van der Waals surface area contributed by atoms with Gasteiger partial charge in [-0.15, -0.1) is 0 Å². The molecule has 0 spiro atoms. The van der Waals surface area contributed by atoms with Gasteiger partial charge in [-0.1, -0.05) is 6.07 Å². The highest BCUT2D eigenvalue weighted by Gasteiger charge is 2.04. The standard InChI is InChI=1S/C12H14IN5/c1-7-3-4-8(13)5-9(7)16-11-6-10(15-2)17-12(14)18-11/h3-6H,1-2H3,(H4,14,15,16,17,18). The summed E-state index contributed by atoms with van der Waals surface area (Å²) < 4.78 is 1.16. The van der Waals surface area contributed by atoms with Crippen LogP contribution in [0, 0.1) is 10.5 Å². The number of hydrogen-bond donors (Lipinski definition) is 3. The molecule has 1 aromatic carbocycles. The molecule has 0 saturated carbocycles. The molecular weight excluding hydrogens is 341 g/mol. The van der Waals surface area contributed by atoms with Crippen molar-refractivity contribution in [1.82, 2.24) is 9.97 Å². The molecule has 1 heterocycles. The van der Waals surface area contributed by atoms with Gasteiger partial charge in [-0.3, -0.25) is 0 Å². The number of hydrogen-bond acceptors (Lipinski definition) is 5. The zero-order valence-electron chi connectivity index (χ0n) is 10.2. The zero-order chi connectivity index (χ0) is 13.1. The van der Waals surface area contributed by atoms with Gasteiger partial charge >= 0.3 is 0 Å². The van der Waals surface area contributed by atoms with Crippen LogP contribution < -0.4 is 16.4 Å². The van der Waals surface area contributed by atoms with E-state index in [1.54, 1.807) is 7.05 Å². The summed E-state index contributed by atoms with van der Waals surface area (Å²) in [6.07, 6.45) is 0. The first kappa shape index (κ1) is 12.9. The zero-order valence-corrected chi connectivity index (χ0v) is 12.3. The Morgan fingerprint density at radius 1 is 1.17 bits per heavy atom. The lowest BCUT2D eigenvalue weighted by molar-refractivity contribution is 1.17. The van der Waals surface area contributed by atoms with Crippen LogP contribution in [0.1, 0.15) is 5.56 Å². The molecule has 2 aromatic rings. The molecule has 4 N–H and O–H groups in total. The number of aryl methyl sites for hydroxylation is 1. The van der Waals surface area contributed by atoms with Crippen LogP contribution in [0.15, 0.2) is 24.3 Å². The van der Waals surface area contributed by atoms with Gasteiger partial charge in [0.15, 0.2) is 0 Å². The summed E-state index contributed by atoms with van der Waals surface area (Å²) in [5, 5.41) is 6.20. The first-order chi connectivity index (χ1) is 8.58. The number of aromatic nitrogens is 2. The summed E-state index contributed by atoms with van der Waals surface area (Å²) in [7, 11) is 1.79. The van der Waals surface area contributed by atoms with E-state index in [2.05, 4.69) is 61.4 Å². The van der Waals surface area contributed by atoms with Crippen molar-refractivity contribution < 1.29 is 0 Å². The van der Waals surface area contributed by atoms with Crippen molar-refractivity contribution >= 4 is 45.9 Å². The van der Waals surface area contributed by atoms with Gasteiger partial charge in [0.05, 0.1) is 0 Å². The minimum Gasteiger partial charge on any atom is -0.373 e. The fourth-order valence-electron chi connectivity index (χ4n) is 1.52. The van der Waals surface area contributed by atoms with E-state index in [1.807, 2.05) is 13.0 Å². The maximum atomic E-state index is 5.65. The summed E-state index contributed by atoms with van der Waals surface area (Å²) in [5.41, 5.74) is 7.82. The number of nitrogens with two attached hydrogens (primary N) is 1. The molecule has 5 nitrogen and oxygen atoms in total. The van der Waals surface area contributed by atoms with E-state index in [9.17, 15) is 0 Å². The topological polar surface area (TPSA) is 75.9 Å². The molecular formula is C12H14IN5. The van der Waals surface area contributed by atoms with Crippen LogP contribution in [0.4, 0.5) is 23.3 Å². The molecule has 0 saturated heterocycles. The molecule has 0 radical (unpaired) electrons. The van der Waals surface area contributed by atoms with Gasteiger partial charge in [-0.05, 0) is 47.2 Å². The third kappa shape index (κ3) is 3.00. The van der Waals surface area contributed by atoms with Gasteiger partial charge in [0.2, 0.25) is 5.95 Å². The fourth-order valence-corrected chi connectivity index (χ4v) is 2.02. The van der Waals surface area contributed by atoms with Crippen LogP contribution in [-0.2, 0) is 0 Å². The van der Waals surface area contributed by atoms with Gasteiger partial charge in [0.25, 0.3) is 0 Å². The van der Waals surface area contributed by atoms with Gasteiger partial charge < -0.3 is 16.4 Å². The Hall–Kier alpha value is -1.57. The second-order valence-corrected chi connectivity index (χ2v) is 5.08. The highest BCUT2D eigenvalue weighted by Crippen LogP contribution is 2.23.